The van der Waals surface area contributed by atoms with E-state index >= 15 is 0 Å². The minimum Gasteiger partial charge on any atom is -0.369 e. The fourth-order valence-corrected chi connectivity index (χ4v) is 2.80. The van der Waals surface area contributed by atoms with E-state index in [0.717, 1.165) is 24.1 Å². The van der Waals surface area contributed by atoms with Crippen molar-refractivity contribution in [3.63, 3.8) is 0 Å². The van der Waals surface area contributed by atoms with Gasteiger partial charge in [0.05, 0.1) is 0 Å². The maximum absolute atomic E-state index is 3.57. The Morgan fingerprint density at radius 1 is 1.47 bits per heavy atom. The van der Waals surface area contributed by atoms with Gasteiger partial charge in [-0.15, -0.1) is 0 Å². The molecule has 1 N–H and O–H groups in total. The molecule has 1 aromatic rings. The summed E-state index contributed by atoms with van der Waals surface area (Å²) in [5.74, 6) is 0.691. The Morgan fingerprint density at radius 2 is 2.24 bits per heavy atom. The van der Waals surface area contributed by atoms with Gasteiger partial charge in [-0.2, -0.15) is 0 Å². The third-order valence-corrected chi connectivity index (χ3v) is 3.60. The lowest BCUT2D eigenvalue weighted by Gasteiger charge is -2.28. The lowest BCUT2D eigenvalue weighted by atomic mass is 10.1. The first kappa shape index (κ1) is 12.9. The zero-order valence-electron chi connectivity index (χ0n) is 10.8. The van der Waals surface area contributed by atoms with Crippen molar-refractivity contribution < 1.29 is 0 Å². The van der Waals surface area contributed by atoms with Gasteiger partial charge in [0.15, 0.2) is 0 Å². The van der Waals surface area contributed by atoms with Crippen LogP contribution in [0.25, 0.3) is 0 Å². The summed E-state index contributed by atoms with van der Waals surface area (Å²) in [6.07, 6.45) is 0. The highest BCUT2D eigenvalue weighted by molar-refractivity contribution is 9.10. The number of nitrogens with one attached hydrogen (secondary N) is 1. The van der Waals surface area contributed by atoms with Crippen LogP contribution < -0.4 is 10.2 Å². The topological polar surface area (TPSA) is 15.3 Å². The second-order valence-electron chi connectivity index (χ2n) is 5.35. The maximum atomic E-state index is 3.57. The summed E-state index contributed by atoms with van der Waals surface area (Å²) in [5.41, 5.74) is 2.78. The van der Waals surface area contributed by atoms with E-state index in [1.807, 2.05) is 0 Å². The molecule has 1 aliphatic heterocycles. The highest BCUT2D eigenvalue weighted by atomic mass is 79.9. The van der Waals surface area contributed by atoms with Crippen molar-refractivity contribution in [3.8, 4) is 0 Å². The molecule has 1 unspecified atom stereocenters. The summed E-state index contributed by atoms with van der Waals surface area (Å²) in [4.78, 5) is 2.51. The average molecular weight is 297 g/mol. The minimum absolute atomic E-state index is 0.542. The third kappa shape index (κ3) is 3.23. The van der Waals surface area contributed by atoms with E-state index in [1.165, 1.54) is 11.3 Å². The van der Waals surface area contributed by atoms with Gasteiger partial charge in [-0.3, -0.25) is 0 Å². The quantitative estimate of drug-likeness (QED) is 0.900. The van der Waals surface area contributed by atoms with Crippen LogP contribution in [0.2, 0.25) is 0 Å². The van der Waals surface area contributed by atoms with Crippen molar-refractivity contribution >= 4 is 21.6 Å². The van der Waals surface area contributed by atoms with E-state index in [1.54, 1.807) is 0 Å². The van der Waals surface area contributed by atoms with Gasteiger partial charge >= 0.3 is 0 Å². The van der Waals surface area contributed by atoms with Gasteiger partial charge in [-0.1, -0.05) is 29.8 Å². The van der Waals surface area contributed by atoms with Gasteiger partial charge in [0.25, 0.3) is 0 Å². The normalized spacial score (nSPS) is 20.3. The van der Waals surface area contributed by atoms with Gasteiger partial charge in [0, 0.05) is 35.8 Å². The molecular weight excluding hydrogens is 276 g/mol. The molecule has 0 amide bonds. The van der Waals surface area contributed by atoms with Gasteiger partial charge in [-0.05, 0) is 36.6 Å². The van der Waals surface area contributed by atoms with Crippen LogP contribution in [0.4, 0.5) is 5.69 Å². The Bertz CT molecular complexity index is 390. The number of halogens is 1. The second kappa shape index (κ2) is 5.40. The Balaban J connectivity index is 2.32. The van der Waals surface area contributed by atoms with E-state index in [4.69, 9.17) is 0 Å². The molecule has 0 aliphatic carbocycles. The molecule has 1 aliphatic rings. The van der Waals surface area contributed by atoms with Gasteiger partial charge in [0.2, 0.25) is 0 Å². The van der Waals surface area contributed by atoms with Crippen molar-refractivity contribution in [2.24, 2.45) is 5.92 Å². The molecule has 94 valence electrons. The number of hydrogen-bond donors (Lipinski definition) is 1. The Morgan fingerprint density at radius 3 is 2.94 bits per heavy atom. The van der Waals surface area contributed by atoms with Crippen LogP contribution in [-0.4, -0.2) is 19.1 Å². The van der Waals surface area contributed by atoms with Gasteiger partial charge < -0.3 is 10.2 Å². The summed E-state index contributed by atoms with van der Waals surface area (Å²) >= 11 is 3.56. The lowest BCUT2D eigenvalue weighted by molar-refractivity contribution is 0.530. The molecule has 3 heteroatoms. The molecule has 1 atom stereocenters. The zero-order valence-corrected chi connectivity index (χ0v) is 12.4. The minimum atomic E-state index is 0.542. The van der Waals surface area contributed by atoms with Gasteiger partial charge in [-0.25, -0.2) is 0 Å². The van der Waals surface area contributed by atoms with Crippen molar-refractivity contribution in [3.05, 3.63) is 28.2 Å². The number of nitrogens with zero attached hydrogens (tertiary/aromatic N) is 1. The van der Waals surface area contributed by atoms with Crippen LogP contribution in [0.5, 0.6) is 0 Å². The Hall–Kier alpha value is -0.540. The largest absolute Gasteiger partial charge is 0.369 e. The molecule has 1 aromatic carbocycles. The fourth-order valence-electron chi connectivity index (χ4n) is 2.40. The van der Waals surface area contributed by atoms with Gasteiger partial charge in [0.1, 0.15) is 0 Å². The average Bonchev–Trinajstić information content (AvgIpc) is 2.38. The van der Waals surface area contributed by atoms with Crippen LogP contribution in [0.1, 0.15) is 26.3 Å². The number of benzene rings is 1. The second-order valence-corrected chi connectivity index (χ2v) is 6.27. The maximum Gasteiger partial charge on any atom is 0.0413 e. The van der Waals surface area contributed by atoms with E-state index in [9.17, 15) is 0 Å². The van der Waals surface area contributed by atoms with E-state index in [0.29, 0.717) is 12.0 Å². The standard InChI is InChI=1S/C14H21BrN2/c1-10(2)8-17-9-11(3)16-7-12-6-13(15)4-5-14(12)17/h4-6,10-11,16H,7-9H2,1-3H3. The van der Waals surface area contributed by atoms with Crippen LogP contribution in [0.3, 0.4) is 0 Å². The molecule has 0 aromatic heterocycles. The molecular formula is C14H21BrN2. The van der Waals surface area contributed by atoms with Crippen molar-refractivity contribution in [2.75, 3.05) is 18.0 Å². The fraction of sp³-hybridized carbons (Fsp3) is 0.571. The molecule has 17 heavy (non-hydrogen) atoms. The molecule has 0 fully saturated rings. The molecule has 0 bridgehead atoms. The molecule has 0 saturated carbocycles. The van der Waals surface area contributed by atoms with Crippen molar-refractivity contribution in [1.82, 2.24) is 5.32 Å². The number of fused-ring (bicyclic) bond motifs is 1. The number of anilines is 1. The molecule has 2 nitrogen and oxygen atoms in total. The SMILES string of the molecule is CC(C)CN1CC(C)NCc2cc(Br)ccc21. The lowest BCUT2D eigenvalue weighted by Crippen LogP contribution is -2.37. The monoisotopic (exact) mass is 296 g/mol. The first-order valence-corrected chi connectivity index (χ1v) is 7.12. The Labute approximate surface area is 113 Å². The van der Waals surface area contributed by atoms with Crippen LogP contribution >= 0.6 is 15.9 Å². The highest BCUT2D eigenvalue weighted by Crippen LogP contribution is 2.27. The number of hydrogen-bond acceptors (Lipinski definition) is 2. The first-order valence-electron chi connectivity index (χ1n) is 6.33. The summed E-state index contributed by atoms with van der Waals surface area (Å²) in [6, 6.07) is 7.15. The smallest absolute Gasteiger partial charge is 0.0413 e. The number of rotatable bonds is 2. The summed E-state index contributed by atoms with van der Waals surface area (Å²) in [5, 5.41) is 3.57. The molecule has 0 saturated heterocycles. The predicted octanol–water partition coefficient (Wildman–Crippen LogP) is 3.40. The van der Waals surface area contributed by atoms with Crippen molar-refractivity contribution in [2.45, 2.75) is 33.4 Å². The summed E-state index contributed by atoms with van der Waals surface area (Å²) in [7, 11) is 0. The molecule has 1 heterocycles. The zero-order chi connectivity index (χ0) is 12.4. The van der Waals surface area contributed by atoms with Crippen LogP contribution in [0.15, 0.2) is 22.7 Å². The predicted molar refractivity (Wildman–Crippen MR) is 77.5 cm³/mol. The summed E-state index contributed by atoms with van der Waals surface area (Å²) in [6.45, 7) is 10.00. The van der Waals surface area contributed by atoms with E-state index in [2.05, 4.69) is 65.1 Å². The first-order chi connectivity index (χ1) is 8.06. The highest BCUT2D eigenvalue weighted by Gasteiger charge is 2.19. The van der Waals surface area contributed by atoms with E-state index < -0.39 is 0 Å². The Kier molecular flexibility index (Phi) is 4.10. The van der Waals surface area contributed by atoms with E-state index in [-0.39, 0.29) is 0 Å². The summed E-state index contributed by atoms with van der Waals surface area (Å²) < 4.78 is 1.16. The van der Waals surface area contributed by atoms with Crippen molar-refractivity contribution in [1.29, 1.82) is 0 Å². The molecule has 2 rings (SSSR count). The van der Waals surface area contributed by atoms with Crippen LogP contribution in [0, 0.1) is 5.92 Å². The van der Waals surface area contributed by atoms with Crippen LogP contribution in [-0.2, 0) is 6.54 Å². The third-order valence-electron chi connectivity index (χ3n) is 3.10. The molecule has 0 radical (unpaired) electrons. The molecule has 0 spiro atoms.